The van der Waals surface area contributed by atoms with Crippen molar-refractivity contribution in [3.05, 3.63) is 42.5 Å². The van der Waals surface area contributed by atoms with Crippen molar-refractivity contribution in [2.45, 2.75) is 52.2 Å². The van der Waals surface area contributed by atoms with Gasteiger partial charge in [-0.15, -0.1) is 0 Å². The van der Waals surface area contributed by atoms with Gasteiger partial charge in [0.15, 0.2) is 5.82 Å². The number of hydrogen-bond donors (Lipinski definition) is 3. The van der Waals surface area contributed by atoms with Gasteiger partial charge < -0.3 is 15.5 Å². The molecule has 0 radical (unpaired) electrons. The molecule has 4 unspecified atom stereocenters. The van der Waals surface area contributed by atoms with Gasteiger partial charge in [-0.3, -0.25) is 4.98 Å². The second kappa shape index (κ2) is 9.07. The number of aliphatic hydroxyl groups is 2. The minimum atomic E-state index is -0.484. The number of pyridine rings is 1. The summed E-state index contributed by atoms with van der Waals surface area (Å²) < 4.78 is 0. The Hall–Kier alpha value is -1.89. The van der Waals surface area contributed by atoms with E-state index in [0.717, 1.165) is 24.2 Å². The zero-order valence-corrected chi connectivity index (χ0v) is 17.0. The summed E-state index contributed by atoms with van der Waals surface area (Å²) in [5.74, 6) is 0.655. The Bertz CT molecular complexity index is 748. The Kier molecular flexibility index (Phi) is 6.75. The molecule has 2 heterocycles. The minimum Gasteiger partial charge on any atom is -0.396 e. The fourth-order valence-electron chi connectivity index (χ4n) is 4.00. The minimum absolute atomic E-state index is 0.0101. The van der Waals surface area contributed by atoms with Crippen LogP contribution in [0.3, 0.4) is 0 Å². The third-order valence-electron chi connectivity index (χ3n) is 5.63. The molecule has 1 aliphatic rings. The fourth-order valence-corrected chi connectivity index (χ4v) is 4.00. The molecule has 0 bridgehead atoms. The number of rotatable bonds is 7. The van der Waals surface area contributed by atoms with Crippen LogP contribution >= 0.6 is 0 Å². The summed E-state index contributed by atoms with van der Waals surface area (Å²) >= 11 is 0. The van der Waals surface area contributed by atoms with E-state index in [0.29, 0.717) is 18.7 Å². The molecular formula is C22H32N4O2. The lowest BCUT2D eigenvalue weighted by Gasteiger charge is -2.26. The Morgan fingerprint density at radius 2 is 2.00 bits per heavy atom. The van der Waals surface area contributed by atoms with Crippen LogP contribution in [0.1, 0.15) is 39.3 Å². The van der Waals surface area contributed by atoms with Crippen molar-refractivity contribution >= 4 is 0 Å². The van der Waals surface area contributed by atoms with Crippen molar-refractivity contribution in [1.29, 1.82) is 0 Å². The summed E-state index contributed by atoms with van der Waals surface area (Å²) in [6, 6.07) is 5.91. The molecule has 3 N–H and O–H groups in total. The molecular weight excluding hydrogens is 352 g/mol. The number of nitrogens with zero attached hydrogens (tertiary/aromatic N) is 3. The van der Waals surface area contributed by atoms with Gasteiger partial charge in [0.05, 0.1) is 6.10 Å². The summed E-state index contributed by atoms with van der Waals surface area (Å²) in [4.78, 5) is 13.2. The maximum atomic E-state index is 10.5. The molecule has 4 atom stereocenters. The molecule has 1 saturated carbocycles. The van der Waals surface area contributed by atoms with Crippen LogP contribution in [0, 0.1) is 17.3 Å². The van der Waals surface area contributed by atoms with E-state index in [-0.39, 0.29) is 29.9 Å². The molecule has 2 aromatic rings. The maximum Gasteiger partial charge on any atom is 0.160 e. The molecule has 0 aromatic carbocycles. The molecule has 1 aliphatic carbocycles. The molecule has 0 spiro atoms. The summed E-state index contributed by atoms with van der Waals surface area (Å²) in [6.07, 6.45) is 7.20. The van der Waals surface area contributed by atoms with Crippen LogP contribution in [-0.4, -0.2) is 50.5 Å². The number of aromatic nitrogens is 3. The lowest BCUT2D eigenvalue weighted by molar-refractivity contribution is 0.0716. The van der Waals surface area contributed by atoms with Crippen LogP contribution in [-0.2, 0) is 6.42 Å². The van der Waals surface area contributed by atoms with Crippen molar-refractivity contribution in [3.63, 3.8) is 0 Å². The van der Waals surface area contributed by atoms with Crippen LogP contribution in [0.15, 0.2) is 36.8 Å². The summed E-state index contributed by atoms with van der Waals surface area (Å²) in [6.45, 7) is 7.58. The van der Waals surface area contributed by atoms with Gasteiger partial charge >= 0.3 is 0 Å². The molecule has 6 heteroatoms. The quantitative estimate of drug-likeness (QED) is 0.679. The third kappa shape index (κ3) is 5.34. The molecule has 6 nitrogen and oxygen atoms in total. The highest BCUT2D eigenvalue weighted by Crippen LogP contribution is 2.35. The maximum absolute atomic E-state index is 10.5. The topological polar surface area (TPSA) is 91.2 Å². The number of hydrogen-bond acceptors (Lipinski definition) is 6. The van der Waals surface area contributed by atoms with Crippen molar-refractivity contribution in [2.24, 2.45) is 17.3 Å². The molecule has 2 aromatic heterocycles. The fraction of sp³-hybridized carbons (Fsp3) is 0.591. The van der Waals surface area contributed by atoms with Crippen molar-refractivity contribution < 1.29 is 10.2 Å². The van der Waals surface area contributed by atoms with Crippen LogP contribution in [0.4, 0.5) is 0 Å². The second-order valence-electron chi connectivity index (χ2n) is 9.00. The highest BCUT2D eigenvalue weighted by Gasteiger charge is 2.42. The van der Waals surface area contributed by atoms with Gasteiger partial charge in [-0.1, -0.05) is 20.8 Å². The highest BCUT2D eigenvalue weighted by molar-refractivity contribution is 5.52. The van der Waals surface area contributed by atoms with E-state index >= 15 is 0 Å². The zero-order valence-electron chi connectivity index (χ0n) is 17.0. The van der Waals surface area contributed by atoms with Crippen LogP contribution in [0.5, 0.6) is 0 Å². The number of nitrogens with one attached hydrogen (secondary N) is 1. The van der Waals surface area contributed by atoms with Gasteiger partial charge in [0.2, 0.25) is 0 Å². The smallest absolute Gasteiger partial charge is 0.160 e. The Morgan fingerprint density at radius 3 is 2.68 bits per heavy atom. The van der Waals surface area contributed by atoms with Crippen LogP contribution < -0.4 is 5.32 Å². The van der Waals surface area contributed by atoms with Crippen LogP contribution in [0.2, 0.25) is 0 Å². The van der Waals surface area contributed by atoms with E-state index in [1.54, 1.807) is 18.6 Å². The predicted molar refractivity (Wildman–Crippen MR) is 110 cm³/mol. The number of aliphatic hydroxyl groups excluding tert-OH is 2. The van der Waals surface area contributed by atoms with Gasteiger partial charge in [0.25, 0.3) is 0 Å². The molecule has 0 aliphatic heterocycles. The Morgan fingerprint density at radius 1 is 1.18 bits per heavy atom. The van der Waals surface area contributed by atoms with Gasteiger partial charge in [0.1, 0.15) is 0 Å². The average Bonchev–Trinajstić information content (AvgIpc) is 2.96. The summed E-state index contributed by atoms with van der Waals surface area (Å²) in [7, 11) is 0. The summed E-state index contributed by atoms with van der Waals surface area (Å²) in [5.41, 5.74) is 2.07. The molecule has 0 amide bonds. The van der Waals surface area contributed by atoms with Crippen molar-refractivity contribution in [3.8, 4) is 11.4 Å². The van der Waals surface area contributed by atoms with Gasteiger partial charge in [-0.05, 0) is 55.3 Å². The van der Waals surface area contributed by atoms with E-state index in [2.05, 4.69) is 36.1 Å². The Labute approximate surface area is 167 Å². The molecule has 3 rings (SSSR count). The average molecular weight is 385 g/mol. The van der Waals surface area contributed by atoms with E-state index in [1.807, 2.05) is 18.2 Å². The van der Waals surface area contributed by atoms with Crippen LogP contribution in [0.25, 0.3) is 11.4 Å². The molecule has 152 valence electrons. The first-order chi connectivity index (χ1) is 13.4. The monoisotopic (exact) mass is 384 g/mol. The van der Waals surface area contributed by atoms with Gasteiger partial charge in [0, 0.05) is 48.4 Å². The normalized spacial score (nSPS) is 25.2. The zero-order chi connectivity index (χ0) is 20.1. The predicted octanol–water partition coefficient (Wildman–Crippen LogP) is 2.46. The lowest BCUT2D eigenvalue weighted by atomic mass is 9.88. The van der Waals surface area contributed by atoms with E-state index in [9.17, 15) is 10.2 Å². The highest BCUT2D eigenvalue weighted by atomic mass is 16.3. The molecule has 28 heavy (non-hydrogen) atoms. The molecule has 0 saturated heterocycles. The first-order valence-electron chi connectivity index (χ1n) is 10.1. The van der Waals surface area contributed by atoms with Gasteiger partial charge in [-0.2, -0.15) is 0 Å². The van der Waals surface area contributed by atoms with Crippen molar-refractivity contribution in [2.75, 3.05) is 13.2 Å². The Balaban J connectivity index is 1.73. The standard InChI is InChI=1S/C22H32N4O2/c1-22(2,3)7-10-24-19-12-20(28)18(14-27)17(19)11-16-6-9-25-21(26-16)15-5-4-8-23-13-15/h4-6,8-9,13,17-20,24,27-28H,7,10-12,14H2,1-3H3. The first-order valence-corrected chi connectivity index (χ1v) is 10.1. The largest absolute Gasteiger partial charge is 0.396 e. The second-order valence-corrected chi connectivity index (χ2v) is 9.00. The third-order valence-corrected chi connectivity index (χ3v) is 5.63. The van der Waals surface area contributed by atoms with E-state index in [1.165, 1.54) is 0 Å². The lowest BCUT2D eigenvalue weighted by Crippen LogP contribution is -2.37. The SMILES string of the molecule is CC(C)(C)CCNC1CC(O)C(CO)C1Cc1ccnc(-c2cccnc2)n1. The van der Waals surface area contributed by atoms with Gasteiger partial charge in [-0.25, -0.2) is 9.97 Å². The van der Waals surface area contributed by atoms with E-state index < -0.39 is 6.10 Å². The molecule has 1 fully saturated rings. The van der Waals surface area contributed by atoms with Crippen molar-refractivity contribution in [1.82, 2.24) is 20.3 Å². The first kappa shape index (κ1) is 20.8. The van der Waals surface area contributed by atoms with E-state index in [4.69, 9.17) is 4.98 Å². The summed E-state index contributed by atoms with van der Waals surface area (Å²) in [5, 5.41) is 23.9.